The number of nitrogens with zero attached hydrogens (tertiary/aromatic N) is 1. The second-order valence-electron chi connectivity index (χ2n) is 7.65. The van der Waals surface area contributed by atoms with Gasteiger partial charge in [-0.05, 0) is 74.2 Å². The van der Waals surface area contributed by atoms with Gasteiger partial charge in [0.2, 0.25) is 10.0 Å². The van der Waals surface area contributed by atoms with Crippen molar-refractivity contribution in [1.29, 1.82) is 0 Å². The monoisotopic (exact) mass is 480 g/mol. The molecule has 1 aliphatic rings. The van der Waals surface area contributed by atoms with Crippen LogP contribution in [0.25, 0.3) is 0 Å². The molecule has 0 unspecified atom stereocenters. The molecule has 3 rings (SSSR count). The summed E-state index contributed by atoms with van der Waals surface area (Å²) in [5.74, 6) is 0.907. The zero-order valence-electron chi connectivity index (χ0n) is 18.3. The van der Waals surface area contributed by atoms with Crippen LogP contribution in [-0.2, 0) is 14.8 Å². The summed E-state index contributed by atoms with van der Waals surface area (Å²) >= 11 is 6.03. The number of amides is 1. The molecule has 7 nitrogen and oxygen atoms in total. The number of rotatable bonds is 10. The highest BCUT2D eigenvalue weighted by molar-refractivity contribution is 7.89. The van der Waals surface area contributed by atoms with Crippen LogP contribution in [0.2, 0.25) is 5.02 Å². The van der Waals surface area contributed by atoms with E-state index in [2.05, 4.69) is 5.32 Å². The largest absolute Gasteiger partial charge is 0.492 e. The van der Waals surface area contributed by atoms with Crippen LogP contribution in [0.1, 0.15) is 31.7 Å². The molecule has 1 heterocycles. The van der Waals surface area contributed by atoms with Crippen molar-refractivity contribution in [1.82, 2.24) is 9.62 Å². The van der Waals surface area contributed by atoms with E-state index in [4.69, 9.17) is 21.1 Å². The molecule has 0 saturated carbocycles. The quantitative estimate of drug-likeness (QED) is 0.523. The van der Waals surface area contributed by atoms with Crippen LogP contribution >= 0.6 is 11.6 Å². The van der Waals surface area contributed by atoms with Crippen molar-refractivity contribution in [2.75, 3.05) is 26.2 Å². The van der Waals surface area contributed by atoms with E-state index >= 15 is 0 Å². The minimum atomic E-state index is -3.44. The fourth-order valence-electron chi connectivity index (χ4n) is 3.42. The van der Waals surface area contributed by atoms with Crippen molar-refractivity contribution in [3.8, 4) is 11.5 Å². The highest BCUT2D eigenvalue weighted by Gasteiger charge is 2.27. The van der Waals surface area contributed by atoms with E-state index in [1.54, 1.807) is 42.5 Å². The lowest BCUT2D eigenvalue weighted by Gasteiger charge is -2.18. The summed E-state index contributed by atoms with van der Waals surface area (Å²) in [5, 5.41) is 3.45. The van der Waals surface area contributed by atoms with Crippen LogP contribution in [0.4, 0.5) is 0 Å². The van der Waals surface area contributed by atoms with E-state index in [9.17, 15) is 13.2 Å². The zero-order chi connectivity index (χ0) is 23.1. The molecule has 9 heteroatoms. The highest BCUT2D eigenvalue weighted by atomic mass is 35.5. The maximum absolute atomic E-state index is 12.6. The molecule has 0 aromatic heterocycles. The second kappa shape index (κ2) is 11.0. The zero-order valence-corrected chi connectivity index (χ0v) is 19.9. The van der Waals surface area contributed by atoms with Gasteiger partial charge >= 0.3 is 0 Å². The Kier molecular flexibility index (Phi) is 8.39. The summed E-state index contributed by atoms with van der Waals surface area (Å²) in [6.07, 6.45) is 1.69. The summed E-state index contributed by atoms with van der Waals surface area (Å²) in [6, 6.07) is 11.6. The predicted octanol–water partition coefficient (Wildman–Crippen LogP) is 3.79. The van der Waals surface area contributed by atoms with Gasteiger partial charge in [0.25, 0.3) is 5.91 Å². The minimum absolute atomic E-state index is 0.226. The minimum Gasteiger partial charge on any atom is -0.492 e. The lowest BCUT2D eigenvalue weighted by molar-refractivity contribution is -0.128. The van der Waals surface area contributed by atoms with Crippen LogP contribution < -0.4 is 14.8 Å². The lowest BCUT2D eigenvalue weighted by Crippen LogP contribution is -2.39. The van der Waals surface area contributed by atoms with E-state index in [0.717, 1.165) is 18.4 Å². The maximum Gasteiger partial charge on any atom is 0.261 e. The van der Waals surface area contributed by atoms with Crippen molar-refractivity contribution in [3.63, 3.8) is 0 Å². The first-order valence-corrected chi connectivity index (χ1v) is 12.6. The molecule has 0 radical (unpaired) electrons. The summed E-state index contributed by atoms with van der Waals surface area (Å²) < 4.78 is 38.1. The van der Waals surface area contributed by atoms with Crippen molar-refractivity contribution in [2.24, 2.45) is 0 Å². The first-order chi connectivity index (χ1) is 15.3. The standard InChI is InChI=1S/C23H29ClN2O5S/c1-3-22(31-19-8-11-21(24)17(2)16-19)23(27)25-12-15-30-18-6-9-20(10-7-18)32(28,29)26-13-4-5-14-26/h6-11,16,22H,3-5,12-15H2,1-2H3,(H,25,27)/t22-/m1/s1. The third-order valence-electron chi connectivity index (χ3n) is 5.27. The van der Waals surface area contributed by atoms with E-state index in [1.165, 1.54) is 4.31 Å². The van der Waals surface area contributed by atoms with Crippen LogP contribution in [0, 0.1) is 6.92 Å². The molecule has 1 fully saturated rings. The summed E-state index contributed by atoms with van der Waals surface area (Å²) in [7, 11) is -3.44. The first-order valence-electron chi connectivity index (χ1n) is 10.7. The number of benzene rings is 2. The number of carbonyl (C=O) groups excluding carboxylic acids is 1. The molecule has 1 saturated heterocycles. The molecule has 2 aromatic rings. The third kappa shape index (κ3) is 6.15. The number of nitrogens with one attached hydrogen (secondary N) is 1. The molecule has 0 spiro atoms. The van der Waals surface area contributed by atoms with E-state index < -0.39 is 16.1 Å². The van der Waals surface area contributed by atoms with Gasteiger partial charge in [0.15, 0.2) is 6.10 Å². The van der Waals surface area contributed by atoms with Crippen molar-refractivity contribution in [2.45, 2.75) is 44.1 Å². The summed E-state index contributed by atoms with van der Waals surface area (Å²) in [6.45, 7) is 5.44. The molecule has 1 aliphatic heterocycles. The molecular weight excluding hydrogens is 452 g/mol. The van der Waals surface area contributed by atoms with Gasteiger partial charge in [-0.1, -0.05) is 18.5 Å². The summed E-state index contributed by atoms with van der Waals surface area (Å²) in [4.78, 5) is 12.7. The van der Waals surface area contributed by atoms with Crippen molar-refractivity contribution >= 4 is 27.5 Å². The number of hydrogen-bond acceptors (Lipinski definition) is 5. The molecule has 1 N–H and O–H groups in total. The first kappa shape index (κ1) is 24.4. The number of sulfonamides is 1. The van der Waals surface area contributed by atoms with Gasteiger partial charge in [0.1, 0.15) is 18.1 Å². The topological polar surface area (TPSA) is 84.9 Å². The van der Waals surface area contributed by atoms with Gasteiger partial charge in [0.05, 0.1) is 11.4 Å². The van der Waals surface area contributed by atoms with Gasteiger partial charge in [0, 0.05) is 18.1 Å². The number of ether oxygens (including phenoxy) is 2. The second-order valence-corrected chi connectivity index (χ2v) is 9.99. The normalized spacial score (nSPS) is 15.3. The van der Waals surface area contributed by atoms with Gasteiger partial charge < -0.3 is 14.8 Å². The average Bonchev–Trinajstić information content (AvgIpc) is 3.33. The Balaban J connectivity index is 1.45. The molecule has 1 amide bonds. The van der Waals surface area contributed by atoms with Gasteiger partial charge in [-0.15, -0.1) is 0 Å². The van der Waals surface area contributed by atoms with Crippen LogP contribution in [-0.4, -0.2) is 51.0 Å². The molecule has 2 aromatic carbocycles. The molecule has 0 bridgehead atoms. The predicted molar refractivity (Wildman–Crippen MR) is 124 cm³/mol. The van der Waals surface area contributed by atoms with Gasteiger partial charge in [-0.2, -0.15) is 4.31 Å². The SMILES string of the molecule is CC[C@@H](Oc1ccc(Cl)c(C)c1)C(=O)NCCOc1ccc(S(=O)(=O)N2CCCC2)cc1. The summed E-state index contributed by atoms with van der Waals surface area (Å²) in [5.41, 5.74) is 0.882. The Hall–Kier alpha value is -2.29. The average molecular weight is 481 g/mol. The molecule has 1 atom stereocenters. The van der Waals surface area contributed by atoms with Gasteiger partial charge in [-0.25, -0.2) is 8.42 Å². The molecule has 0 aliphatic carbocycles. The Labute approximate surface area is 194 Å². The fraction of sp³-hybridized carbons (Fsp3) is 0.435. The number of aryl methyl sites for hydroxylation is 1. The molecule has 174 valence electrons. The number of halogens is 1. The lowest BCUT2D eigenvalue weighted by atomic mass is 10.2. The molecule has 32 heavy (non-hydrogen) atoms. The van der Waals surface area contributed by atoms with Crippen LogP contribution in [0.5, 0.6) is 11.5 Å². The van der Waals surface area contributed by atoms with E-state index in [-0.39, 0.29) is 17.4 Å². The fourth-order valence-corrected chi connectivity index (χ4v) is 5.05. The van der Waals surface area contributed by atoms with Crippen molar-refractivity contribution in [3.05, 3.63) is 53.1 Å². The number of hydrogen-bond donors (Lipinski definition) is 1. The Bertz CT molecular complexity index is 1020. The third-order valence-corrected chi connectivity index (χ3v) is 7.60. The van der Waals surface area contributed by atoms with Crippen LogP contribution in [0.15, 0.2) is 47.4 Å². The maximum atomic E-state index is 12.6. The van der Waals surface area contributed by atoms with E-state index in [1.807, 2.05) is 13.8 Å². The number of carbonyl (C=O) groups is 1. The Morgan fingerprint density at radius 2 is 1.78 bits per heavy atom. The van der Waals surface area contributed by atoms with Crippen molar-refractivity contribution < 1.29 is 22.7 Å². The Morgan fingerprint density at radius 1 is 1.12 bits per heavy atom. The smallest absolute Gasteiger partial charge is 0.261 e. The van der Waals surface area contributed by atoms with Gasteiger partial charge in [-0.3, -0.25) is 4.79 Å². The van der Waals surface area contributed by atoms with E-state index in [0.29, 0.717) is 42.6 Å². The Morgan fingerprint density at radius 3 is 2.41 bits per heavy atom. The highest BCUT2D eigenvalue weighted by Crippen LogP contribution is 2.23. The molecular formula is C23H29ClN2O5S. The van der Waals surface area contributed by atoms with Crippen LogP contribution in [0.3, 0.4) is 0 Å².